The summed E-state index contributed by atoms with van der Waals surface area (Å²) in [6.45, 7) is 1.97. The van der Waals surface area contributed by atoms with Gasteiger partial charge in [0, 0.05) is 51.8 Å². The van der Waals surface area contributed by atoms with Gasteiger partial charge in [-0.15, -0.1) is 0 Å². The van der Waals surface area contributed by atoms with Crippen molar-refractivity contribution in [1.82, 2.24) is 15.1 Å². The summed E-state index contributed by atoms with van der Waals surface area (Å²) < 4.78 is 34.9. The van der Waals surface area contributed by atoms with Gasteiger partial charge in [0.2, 0.25) is 0 Å². The number of rotatable bonds is 5. The van der Waals surface area contributed by atoms with Crippen LogP contribution in [0, 0.1) is 12.8 Å². The number of carbonyl (C=O) groups excluding carboxylic acids is 1. The van der Waals surface area contributed by atoms with Crippen molar-refractivity contribution < 1.29 is 10.3 Å². The van der Waals surface area contributed by atoms with Crippen LogP contribution in [-0.2, 0) is 0 Å². The number of piperazine rings is 1. The summed E-state index contributed by atoms with van der Waals surface area (Å²) in [6, 6.07) is 5.80. The lowest BCUT2D eigenvalue weighted by Gasteiger charge is -2.37. The van der Waals surface area contributed by atoms with Gasteiger partial charge in [-0.3, -0.25) is 4.90 Å². The molecule has 1 heterocycles. The number of benzene rings is 1. The molecule has 2 aliphatic rings. The van der Waals surface area contributed by atoms with Gasteiger partial charge in [-0.1, -0.05) is 23.7 Å². The van der Waals surface area contributed by atoms with Crippen LogP contribution in [0.1, 0.15) is 43.1 Å². The molecule has 1 aliphatic heterocycles. The Hall–Kier alpha value is -1.46. The van der Waals surface area contributed by atoms with E-state index in [-0.39, 0.29) is 18.0 Å². The van der Waals surface area contributed by atoms with Gasteiger partial charge in [0.1, 0.15) is 0 Å². The molecular formula is C22H35ClN4O. The van der Waals surface area contributed by atoms with Gasteiger partial charge < -0.3 is 15.1 Å². The number of nitrogens with one attached hydrogen (secondary N) is 1. The molecule has 0 radical (unpaired) electrons. The molecule has 1 aromatic rings. The molecule has 1 aromatic carbocycles. The summed E-state index contributed by atoms with van der Waals surface area (Å²) in [5, 5.41) is 3.69. The van der Waals surface area contributed by atoms with Gasteiger partial charge >= 0.3 is 6.03 Å². The van der Waals surface area contributed by atoms with Crippen LogP contribution < -0.4 is 10.2 Å². The molecule has 1 aliphatic carbocycles. The lowest BCUT2D eigenvalue weighted by Crippen LogP contribution is -2.47. The predicted octanol–water partition coefficient (Wildman–Crippen LogP) is 3.99. The maximum absolute atomic E-state index is 11.9. The van der Waals surface area contributed by atoms with Crippen molar-refractivity contribution in [1.29, 1.82) is 0 Å². The smallest absolute Gasteiger partial charge is 0.317 e. The Morgan fingerprint density at radius 3 is 2.54 bits per heavy atom. The Balaban J connectivity index is 1.60. The van der Waals surface area contributed by atoms with E-state index in [9.17, 15) is 4.79 Å². The number of nitrogens with zero attached hydrogens (tertiary/aromatic N) is 3. The molecule has 5 nitrogen and oxygen atoms in total. The average Bonchev–Trinajstić information content (AvgIpc) is 2.76. The maximum atomic E-state index is 11.9. The first-order valence-electron chi connectivity index (χ1n) is 12.2. The molecule has 1 N–H and O–H groups in total. The number of urea groups is 1. The molecule has 1 saturated carbocycles. The zero-order chi connectivity index (χ0) is 23.7. The second-order valence-corrected chi connectivity index (χ2v) is 8.41. The van der Waals surface area contributed by atoms with E-state index in [4.69, 9.17) is 17.1 Å². The molecular weight excluding hydrogens is 372 g/mol. The number of halogens is 1. The average molecular weight is 411 g/mol. The van der Waals surface area contributed by atoms with Crippen LogP contribution in [0.4, 0.5) is 10.5 Å². The standard InChI is InChI=1S/C22H35ClN4O/c1-17-5-4-6-20(21(17)23)27-15-13-26(14-16-27)12-11-18-7-9-19(10-8-18)24-22(28)25(2)3/h4-6,18-19H,7-16H2,1-3H3,(H,24,28)/t18-,19-/i11D2,12D2. The summed E-state index contributed by atoms with van der Waals surface area (Å²) in [4.78, 5) is 17.2. The molecule has 0 atom stereocenters. The van der Waals surface area contributed by atoms with Crippen LogP contribution in [0.5, 0.6) is 0 Å². The molecule has 28 heavy (non-hydrogen) atoms. The van der Waals surface area contributed by atoms with E-state index in [1.54, 1.807) is 19.0 Å². The van der Waals surface area contributed by atoms with Gasteiger partial charge in [0.05, 0.1) is 10.7 Å². The molecule has 2 amide bonds. The highest BCUT2D eigenvalue weighted by Gasteiger charge is 2.24. The van der Waals surface area contributed by atoms with Crippen LogP contribution in [0.15, 0.2) is 18.2 Å². The number of amides is 2. The first-order valence-corrected chi connectivity index (χ1v) is 10.6. The third kappa shape index (κ3) is 5.54. The monoisotopic (exact) mass is 410 g/mol. The Bertz CT molecular complexity index is 807. The van der Waals surface area contributed by atoms with Gasteiger partial charge in [-0.25, -0.2) is 4.79 Å². The third-order valence-corrected chi connectivity index (χ3v) is 6.17. The van der Waals surface area contributed by atoms with Crippen LogP contribution in [0.2, 0.25) is 5.02 Å². The van der Waals surface area contributed by atoms with E-state index in [0.29, 0.717) is 51.9 Å². The second-order valence-electron chi connectivity index (χ2n) is 8.03. The van der Waals surface area contributed by atoms with Gasteiger partial charge in [0.25, 0.3) is 0 Å². The number of hydrogen-bond donors (Lipinski definition) is 1. The zero-order valence-corrected chi connectivity index (χ0v) is 17.9. The van der Waals surface area contributed by atoms with E-state index in [1.807, 2.05) is 25.1 Å². The first kappa shape index (κ1) is 16.3. The summed E-state index contributed by atoms with van der Waals surface area (Å²) in [6.07, 6.45) is 0.471. The summed E-state index contributed by atoms with van der Waals surface area (Å²) in [5.74, 6) is -0.380. The third-order valence-electron chi connectivity index (χ3n) is 5.68. The van der Waals surface area contributed by atoms with Crippen molar-refractivity contribution in [2.45, 2.75) is 45.0 Å². The highest BCUT2D eigenvalue weighted by atomic mass is 35.5. The van der Waals surface area contributed by atoms with Crippen LogP contribution in [-0.4, -0.2) is 68.6 Å². The molecule has 6 heteroatoms. The van der Waals surface area contributed by atoms with Crippen LogP contribution >= 0.6 is 11.6 Å². The predicted molar refractivity (Wildman–Crippen MR) is 117 cm³/mol. The Kier molecular flexibility index (Phi) is 5.74. The minimum atomic E-state index is -2.07. The molecule has 0 bridgehead atoms. The lowest BCUT2D eigenvalue weighted by atomic mass is 9.84. The molecule has 156 valence electrons. The lowest BCUT2D eigenvalue weighted by molar-refractivity contribution is 0.194. The second kappa shape index (κ2) is 9.84. The van der Waals surface area contributed by atoms with Gasteiger partial charge in [-0.05, 0) is 63.0 Å². The zero-order valence-electron chi connectivity index (χ0n) is 21.2. The largest absolute Gasteiger partial charge is 0.368 e. The van der Waals surface area contributed by atoms with E-state index in [1.165, 1.54) is 4.90 Å². The van der Waals surface area contributed by atoms with Crippen molar-refractivity contribution >= 4 is 23.3 Å². The SMILES string of the molecule is [2H]C([2H])(N1CCN(c2cccc(C)c2Cl)CC1)C([2H])([2H])[C@H]1CC[C@H](NC(=O)N(C)C)CC1. The number of aryl methyl sites for hydroxylation is 1. The fourth-order valence-corrected chi connectivity index (χ4v) is 4.05. The van der Waals surface area contributed by atoms with Crippen LogP contribution in [0.3, 0.4) is 0 Å². The fraction of sp³-hybridized carbons (Fsp3) is 0.682. The Labute approximate surface area is 180 Å². The van der Waals surface area contributed by atoms with Crippen molar-refractivity contribution in [3.8, 4) is 0 Å². The van der Waals surface area contributed by atoms with E-state index >= 15 is 0 Å². The molecule has 2 fully saturated rings. The quantitative estimate of drug-likeness (QED) is 0.797. The van der Waals surface area contributed by atoms with Crippen molar-refractivity contribution in [3.63, 3.8) is 0 Å². The normalized spacial score (nSPS) is 26.6. The van der Waals surface area contributed by atoms with Crippen LogP contribution in [0.25, 0.3) is 0 Å². The minimum Gasteiger partial charge on any atom is -0.368 e. The van der Waals surface area contributed by atoms with Gasteiger partial charge in [-0.2, -0.15) is 0 Å². The first-order chi connectivity index (χ1) is 14.9. The molecule has 0 aromatic heterocycles. The summed E-state index contributed by atoms with van der Waals surface area (Å²) in [7, 11) is 3.39. The topological polar surface area (TPSA) is 38.8 Å². The Morgan fingerprint density at radius 1 is 1.21 bits per heavy atom. The fourth-order valence-electron chi connectivity index (χ4n) is 3.80. The summed E-state index contributed by atoms with van der Waals surface area (Å²) >= 11 is 6.47. The van der Waals surface area contributed by atoms with Crippen molar-refractivity contribution in [2.24, 2.45) is 5.92 Å². The number of hydrogen-bond acceptors (Lipinski definition) is 3. The minimum absolute atomic E-state index is 0.0189. The molecule has 0 unspecified atom stereocenters. The van der Waals surface area contributed by atoms with Crippen molar-refractivity contribution in [2.75, 3.05) is 51.7 Å². The highest BCUT2D eigenvalue weighted by Crippen LogP contribution is 2.30. The van der Waals surface area contributed by atoms with E-state index < -0.39 is 12.9 Å². The Morgan fingerprint density at radius 2 is 1.89 bits per heavy atom. The molecule has 3 rings (SSSR count). The maximum Gasteiger partial charge on any atom is 0.317 e. The number of carbonyl (C=O) groups is 1. The molecule has 1 saturated heterocycles. The van der Waals surface area contributed by atoms with Crippen molar-refractivity contribution in [3.05, 3.63) is 28.8 Å². The summed E-state index contributed by atoms with van der Waals surface area (Å²) in [5.41, 5.74) is 1.96. The number of anilines is 1. The highest BCUT2D eigenvalue weighted by molar-refractivity contribution is 6.34. The molecule has 0 spiro atoms. The van der Waals surface area contributed by atoms with E-state index in [0.717, 1.165) is 16.3 Å². The van der Waals surface area contributed by atoms with E-state index in [2.05, 4.69) is 10.2 Å². The van der Waals surface area contributed by atoms with Gasteiger partial charge in [0.15, 0.2) is 0 Å².